The van der Waals surface area contributed by atoms with Crippen molar-refractivity contribution in [3.63, 3.8) is 0 Å². The van der Waals surface area contributed by atoms with Crippen molar-refractivity contribution in [2.45, 2.75) is 32.2 Å². The standard InChI is InChI=1S/C14H18N4S/c1-9(8-10-2-3-10)17-14-12(13(15)18-19-14)11-4-6-16-7-5-11/h4-7,9-10,17H,2-3,8H2,1H3,(H2,15,18). The number of nitrogen functional groups attached to an aromatic ring is 1. The fourth-order valence-corrected chi connectivity index (χ4v) is 3.18. The Morgan fingerprint density at radius 1 is 1.42 bits per heavy atom. The van der Waals surface area contributed by atoms with Gasteiger partial charge in [0.2, 0.25) is 0 Å². The molecule has 2 aromatic heterocycles. The molecule has 100 valence electrons. The van der Waals surface area contributed by atoms with E-state index in [4.69, 9.17) is 5.73 Å². The minimum Gasteiger partial charge on any atom is -0.382 e. The van der Waals surface area contributed by atoms with Crippen LogP contribution in [0.4, 0.5) is 10.8 Å². The molecule has 1 atom stereocenters. The van der Waals surface area contributed by atoms with Crippen molar-refractivity contribution in [2.75, 3.05) is 11.1 Å². The topological polar surface area (TPSA) is 63.8 Å². The summed E-state index contributed by atoms with van der Waals surface area (Å²) in [6.07, 6.45) is 7.56. The highest BCUT2D eigenvalue weighted by molar-refractivity contribution is 7.11. The Hall–Kier alpha value is -1.62. The van der Waals surface area contributed by atoms with Gasteiger partial charge in [-0.05, 0) is 48.5 Å². The van der Waals surface area contributed by atoms with Crippen LogP contribution in [0.3, 0.4) is 0 Å². The molecular formula is C14H18N4S. The van der Waals surface area contributed by atoms with E-state index in [1.165, 1.54) is 30.8 Å². The number of anilines is 2. The Morgan fingerprint density at radius 3 is 2.84 bits per heavy atom. The zero-order valence-electron chi connectivity index (χ0n) is 11.0. The second kappa shape index (κ2) is 5.17. The van der Waals surface area contributed by atoms with Crippen LogP contribution in [0.2, 0.25) is 0 Å². The molecular weight excluding hydrogens is 256 g/mol. The van der Waals surface area contributed by atoms with E-state index in [1.54, 1.807) is 12.4 Å². The fourth-order valence-electron chi connectivity index (χ4n) is 2.33. The highest BCUT2D eigenvalue weighted by Gasteiger charge is 2.24. The monoisotopic (exact) mass is 274 g/mol. The summed E-state index contributed by atoms with van der Waals surface area (Å²) in [7, 11) is 0. The van der Waals surface area contributed by atoms with Crippen molar-refractivity contribution in [3.8, 4) is 11.1 Å². The number of nitrogens with one attached hydrogen (secondary N) is 1. The molecule has 4 nitrogen and oxygen atoms in total. The second-order valence-corrected chi connectivity index (χ2v) is 6.01. The molecule has 0 radical (unpaired) electrons. The van der Waals surface area contributed by atoms with E-state index in [0.29, 0.717) is 11.9 Å². The van der Waals surface area contributed by atoms with Gasteiger partial charge in [0.25, 0.3) is 0 Å². The third-order valence-corrected chi connectivity index (χ3v) is 4.24. The molecule has 0 aromatic carbocycles. The summed E-state index contributed by atoms with van der Waals surface area (Å²) in [5, 5.41) is 4.62. The lowest BCUT2D eigenvalue weighted by atomic mass is 10.1. The molecule has 1 aliphatic rings. The maximum Gasteiger partial charge on any atom is 0.147 e. The molecule has 0 amide bonds. The summed E-state index contributed by atoms with van der Waals surface area (Å²) in [4.78, 5) is 4.04. The fraction of sp³-hybridized carbons (Fsp3) is 0.429. The quantitative estimate of drug-likeness (QED) is 0.877. The number of hydrogen-bond acceptors (Lipinski definition) is 5. The van der Waals surface area contributed by atoms with Crippen LogP contribution in [0, 0.1) is 5.92 Å². The summed E-state index contributed by atoms with van der Waals surface area (Å²) >= 11 is 1.44. The van der Waals surface area contributed by atoms with Crippen LogP contribution < -0.4 is 11.1 Å². The first-order chi connectivity index (χ1) is 9.24. The molecule has 1 saturated carbocycles. The van der Waals surface area contributed by atoms with Gasteiger partial charge in [-0.3, -0.25) is 4.98 Å². The van der Waals surface area contributed by atoms with Crippen molar-refractivity contribution in [3.05, 3.63) is 24.5 Å². The predicted octanol–water partition coefficient (Wildman–Crippen LogP) is 3.39. The maximum absolute atomic E-state index is 6.00. The summed E-state index contributed by atoms with van der Waals surface area (Å²) in [5.74, 6) is 1.51. The molecule has 0 bridgehead atoms. The Labute approximate surface area is 117 Å². The van der Waals surface area contributed by atoms with Crippen molar-refractivity contribution in [1.82, 2.24) is 9.36 Å². The number of rotatable bonds is 5. The van der Waals surface area contributed by atoms with E-state index in [0.717, 1.165) is 22.0 Å². The largest absolute Gasteiger partial charge is 0.382 e. The highest BCUT2D eigenvalue weighted by Crippen LogP contribution is 2.38. The molecule has 0 spiro atoms. The number of hydrogen-bond donors (Lipinski definition) is 2. The van der Waals surface area contributed by atoms with Crippen molar-refractivity contribution in [2.24, 2.45) is 5.92 Å². The van der Waals surface area contributed by atoms with Gasteiger partial charge in [-0.2, -0.15) is 4.37 Å². The summed E-state index contributed by atoms with van der Waals surface area (Å²) in [6.45, 7) is 2.23. The van der Waals surface area contributed by atoms with Crippen molar-refractivity contribution in [1.29, 1.82) is 0 Å². The zero-order valence-corrected chi connectivity index (χ0v) is 11.8. The van der Waals surface area contributed by atoms with E-state index in [9.17, 15) is 0 Å². The van der Waals surface area contributed by atoms with E-state index in [-0.39, 0.29) is 0 Å². The molecule has 19 heavy (non-hydrogen) atoms. The first-order valence-corrected chi connectivity index (χ1v) is 7.43. The van der Waals surface area contributed by atoms with Crippen LogP contribution in [0.25, 0.3) is 11.1 Å². The lowest BCUT2D eigenvalue weighted by Crippen LogP contribution is -2.15. The van der Waals surface area contributed by atoms with Gasteiger partial charge in [0.15, 0.2) is 0 Å². The smallest absolute Gasteiger partial charge is 0.147 e. The van der Waals surface area contributed by atoms with Gasteiger partial charge in [0.1, 0.15) is 10.8 Å². The van der Waals surface area contributed by atoms with Crippen LogP contribution in [0.1, 0.15) is 26.2 Å². The number of aromatic nitrogens is 2. The minimum absolute atomic E-state index is 0.466. The lowest BCUT2D eigenvalue weighted by Gasteiger charge is -2.14. The van der Waals surface area contributed by atoms with Crippen molar-refractivity contribution >= 4 is 22.4 Å². The van der Waals surface area contributed by atoms with Gasteiger partial charge in [-0.25, -0.2) is 0 Å². The van der Waals surface area contributed by atoms with Gasteiger partial charge < -0.3 is 11.1 Å². The average Bonchev–Trinajstić information content (AvgIpc) is 3.14. The first-order valence-electron chi connectivity index (χ1n) is 6.66. The SMILES string of the molecule is CC(CC1CC1)Nc1snc(N)c1-c1ccncc1. The van der Waals surface area contributed by atoms with E-state index >= 15 is 0 Å². The molecule has 0 saturated heterocycles. The molecule has 2 aromatic rings. The second-order valence-electron chi connectivity index (χ2n) is 5.23. The van der Waals surface area contributed by atoms with Gasteiger partial charge >= 0.3 is 0 Å². The average molecular weight is 274 g/mol. The third-order valence-electron chi connectivity index (χ3n) is 3.45. The van der Waals surface area contributed by atoms with E-state index < -0.39 is 0 Å². The molecule has 1 fully saturated rings. The third kappa shape index (κ3) is 2.87. The molecule has 3 N–H and O–H groups in total. The summed E-state index contributed by atoms with van der Waals surface area (Å²) in [6, 6.07) is 4.40. The molecule has 2 heterocycles. The maximum atomic E-state index is 6.00. The van der Waals surface area contributed by atoms with Crippen LogP contribution >= 0.6 is 11.5 Å². The van der Waals surface area contributed by atoms with Crippen molar-refractivity contribution < 1.29 is 0 Å². The van der Waals surface area contributed by atoms with Gasteiger partial charge in [0, 0.05) is 18.4 Å². The van der Waals surface area contributed by atoms with E-state index in [2.05, 4.69) is 21.6 Å². The van der Waals surface area contributed by atoms with Gasteiger partial charge in [-0.15, -0.1) is 0 Å². The van der Waals surface area contributed by atoms with Crippen LogP contribution in [-0.2, 0) is 0 Å². The summed E-state index contributed by atoms with van der Waals surface area (Å²) < 4.78 is 4.28. The zero-order chi connectivity index (χ0) is 13.2. The molecule has 3 rings (SSSR count). The predicted molar refractivity (Wildman–Crippen MR) is 80.2 cm³/mol. The van der Waals surface area contributed by atoms with E-state index in [1.807, 2.05) is 12.1 Å². The molecule has 5 heteroatoms. The minimum atomic E-state index is 0.466. The molecule has 1 unspecified atom stereocenters. The number of pyridine rings is 1. The lowest BCUT2D eigenvalue weighted by molar-refractivity contribution is 0.643. The Kier molecular flexibility index (Phi) is 3.38. The Bertz CT molecular complexity index is 548. The molecule has 1 aliphatic carbocycles. The first kappa shape index (κ1) is 12.4. The Balaban J connectivity index is 1.81. The Morgan fingerprint density at radius 2 is 2.16 bits per heavy atom. The van der Waals surface area contributed by atoms with Crippen LogP contribution in [0.15, 0.2) is 24.5 Å². The highest BCUT2D eigenvalue weighted by atomic mass is 32.1. The van der Waals surface area contributed by atoms with Crippen LogP contribution in [-0.4, -0.2) is 15.4 Å². The summed E-state index contributed by atoms with van der Waals surface area (Å²) in [5.41, 5.74) is 8.08. The number of nitrogens with two attached hydrogens (primary N) is 1. The number of nitrogens with zero attached hydrogens (tertiary/aromatic N) is 2. The normalized spacial score (nSPS) is 16.3. The van der Waals surface area contributed by atoms with Gasteiger partial charge in [-0.1, -0.05) is 12.8 Å². The van der Waals surface area contributed by atoms with Crippen LogP contribution in [0.5, 0.6) is 0 Å². The van der Waals surface area contributed by atoms with Gasteiger partial charge in [0.05, 0.1) is 5.56 Å². The molecule has 0 aliphatic heterocycles.